The van der Waals surface area contributed by atoms with Crippen molar-refractivity contribution in [2.24, 2.45) is 0 Å². The first-order valence-corrected chi connectivity index (χ1v) is 1.67. The van der Waals surface area contributed by atoms with E-state index in [1.54, 1.807) is 0 Å². The van der Waals surface area contributed by atoms with Gasteiger partial charge in [-0.25, -0.2) is 5.41 Å². The van der Waals surface area contributed by atoms with E-state index < -0.39 is 0 Å². The average Bonchev–Trinajstić information content (AvgIpc) is 1.38. The van der Waals surface area contributed by atoms with E-state index in [0.29, 0.717) is 0 Å². The molecule has 0 aromatic rings. The summed E-state index contributed by atoms with van der Waals surface area (Å²) < 4.78 is -0.0231. The maximum Gasteiger partial charge on any atom is 0.214 e. The maximum absolute atomic E-state index is 4.91. The number of hydrogen-bond acceptors (Lipinski definition) is 0. The maximum atomic E-state index is 4.91. The SMILES string of the molecule is [NH2+]=C=C(Cl)Cl. The highest BCUT2D eigenvalue weighted by atomic mass is 35.5. The molecule has 0 rings (SSSR count). The van der Waals surface area contributed by atoms with Crippen LogP contribution in [0.4, 0.5) is 0 Å². The summed E-state index contributed by atoms with van der Waals surface area (Å²) in [6.45, 7) is 0. The molecule has 0 aliphatic heterocycles. The zero-order valence-corrected chi connectivity index (χ0v) is 3.85. The van der Waals surface area contributed by atoms with Crippen molar-refractivity contribution < 1.29 is 5.41 Å². The molecule has 0 heterocycles. The fraction of sp³-hybridized carbons (Fsp3) is 0. The van der Waals surface area contributed by atoms with Crippen LogP contribution in [0.25, 0.3) is 0 Å². The largest absolute Gasteiger partial charge is 0.214 e. The molecular weight excluding hydrogens is 109 g/mol. The van der Waals surface area contributed by atoms with Crippen LogP contribution >= 0.6 is 23.2 Å². The summed E-state index contributed by atoms with van der Waals surface area (Å²) >= 11 is 9.82. The number of rotatable bonds is 0. The van der Waals surface area contributed by atoms with Gasteiger partial charge in [0.15, 0.2) is 5.87 Å². The standard InChI is InChI=1S/C2HCl2N/c3-2(4)1-5/h5H/p+1. The third-order valence-corrected chi connectivity index (χ3v) is 0.327. The zero-order chi connectivity index (χ0) is 4.28. The Hall–Kier alpha value is 0.0300. The highest BCUT2D eigenvalue weighted by Crippen LogP contribution is 1.96. The topological polar surface area (TPSA) is 25.6 Å². The molecule has 0 bridgehead atoms. The lowest BCUT2D eigenvalue weighted by molar-refractivity contribution is -0.101. The molecule has 2 N–H and O–H groups in total. The monoisotopic (exact) mass is 110 g/mol. The predicted molar refractivity (Wildman–Crippen MR) is 22.2 cm³/mol. The minimum Gasteiger partial charge on any atom is -0.212 e. The number of nitrogens with two attached hydrogens (primary N) is 1. The Morgan fingerprint density at radius 3 is 1.80 bits per heavy atom. The van der Waals surface area contributed by atoms with E-state index in [9.17, 15) is 0 Å². The summed E-state index contributed by atoms with van der Waals surface area (Å²) in [4.78, 5) is 0. The van der Waals surface area contributed by atoms with Crippen molar-refractivity contribution in [3.63, 3.8) is 0 Å². The number of halogens is 2. The molecule has 0 saturated carbocycles. The minimum atomic E-state index is -0.0231. The Labute approximate surface area is 39.7 Å². The highest BCUT2D eigenvalue weighted by Gasteiger charge is 1.73. The summed E-state index contributed by atoms with van der Waals surface area (Å²) in [5.74, 6) is 1.98. The molecule has 0 radical (unpaired) electrons. The van der Waals surface area contributed by atoms with Crippen LogP contribution in [-0.2, 0) is 0 Å². The third kappa shape index (κ3) is 4.03. The van der Waals surface area contributed by atoms with Crippen molar-refractivity contribution in [3.05, 3.63) is 4.49 Å². The summed E-state index contributed by atoms with van der Waals surface area (Å²) in [6, 6.07) is 0. The molecule has 28 valence electrons. The quantitative estimate of drug-likeness (QED) is 0.416. The van der Waals surface area contributed by atoms with Crippen molar-refractivity contribution in [3.8, 4) is 0 Å². The zero-order valence-electron chi connectivity index (χ0n) is 2.33. The first-order valence-electron chi connectivity index (χ1n) is 0.917. The predicted octanol–water partition coefficient (Wildman–Crippen LogP) is -0.266. The Morgan fingerprint density at radius 2 is 1.80 bits per heavy atom. The van der Waals surface area contributed by atoms with Gasteiger partial charge in [0.1, 0.15) is 0 Å². The van der Waals surface area contributed by atoms with Crippen molar-refractivity contribution >= 4 is 29.1 Å². The van der Waals surface area contributed by atoms with Crippen LogP contribution in [0.15, 0.2) is 4.49 Å². The lowest BCUT2D eigenvalue weighted by Gasteiger charge is -1.52. The van der Waals surface area contributed by atoms with Gasteiger partial charge < -0.3 is 0 Å². The van der Waals surface area contributed by atoms with Gasteiger partial charge in [-0.15, -0.1) is 0 Å². The smallest absolute Gasteiger partial charge is 0.212 e. The summed E-state index contributed by atoms with van der Waals surface area (Å²) in [6.07, 6.45) is 0. The van der Waals surface area contributed by atoms with Gasteiger partial charge in [-0.3, -0.25) is 0 Å². The van der Waals surface area contributed by atoms with Crippen LogP contribution in [-0.4, -0.2) is 5.87 Å². The summed E-state index contributed by atoms with van der Waals surface area (Å²) in [5, 5.41) is 4.62. The van der Waals surface area contributed by atoms with Crippen molar-refractivity contribution in [2.75, 3.05) is 0 Å². The van der Waals surface area contributed by atoms with Crippen LogP contribution < -0.4 is 5.41 Å². The van der Waals surface area contributed by atoms with E-state index in [4.69, 9.17) is 23.2 Å². The molecule has 1 nitrogen and oxygen atoms in total. The van der Waals surface area contributed by atoms with Gasteiger partial charge >= 0.3 is 0 Å². The molecule has 0 fully saturated rings. The second-order valence-electron chi connectivity index (χ2n) is 0.405. The first kappa shape index (κ1) is 5.03. The average molecular weight is 111 g/mol. The minimum absolute atomic E-state index is 0.0231. The lowest BCUT2D eigenvalue weighted by Crippen LogP contribution is -2.25. The van der Waals surface area contributed by atoms with Crippen LogP contribution in [0, 0.1) is 0 Å². The number of hydrogen-bond donors (Lipinski definition) is 1. The van der Waals surface area contributed by atoms with E-state index in [-0.39, 0.29) is 4.49 Å². The second-order valence-corrected chi connectivity index (χ2v) is 1.35. The van der Waals surface area contributed by atoms with Gasteiger partial charge in [-0.1, -0.05) is 23.2 Å². The molecule has 0 spiro atoms. The fourth-order valence-electron chi connectivity index (χ4n) is 0. The Morgan fingerprint density at radius 1 is 1.60 bits per heavy atom. The molecule has 3 heteroatoms. The van der Waals surface area contributed by atoms with Gasteiger partial charge in [0.25, 0.3) is 0 Å². The first-order chi connectivity index (χ1) is 2.27. The van der Waals surface area contributed by atoms with E-state index in [2.05, 4.69) is 5.41 Å². The van der Waals surface area contributed by atoms with Crippen LogP contribution in [0.1, 0.15) is 0 Å². The third-order valence-electron chi connectivity index (χ3n) is 0.109. The fourth-order valence-corrected chi connectivity index (χ4v) is 0. The van der Waals surface area contributed by atoms with Crippen LogP contribution in [0.3, 0.4) is 0 Å². The summed E-state index contributed by atoms with van der Waals surface area (Å²) in [5.41, 5.74) is 0. The Kier molecular flexibility index (Phi) is 2.29. The summed E-state index contributed by atoms with van der Waals surface area (Å²) in [7, 11) is 0. The molecular formula is C2H2Cl2N+. The van der Waals surface area contributed by atoms with Crippen LogP contribution in [0.5, 0.6) is 0 Å². The molecule has 0 aromatic heterocycles. The van der Waals surface area contributed by atoms with Crippen molar-refractivity contribution in [1.29, 1.82) is 0 Å². The van der Waals surface area contributed by atoms with E-state index in [0.717, 1.165) is 0 Å². The molecule has 0 unspecified atom stereocenters. The Balaban J connectivity index is 3.60. The molecule has 0 saturated heterocycles. The normalized spacial score (nSPS) is 6.00. The van der Waals surface area contributed by atoms with Gasteiger partial charge in [0.05, 0.1) is 0 Å². The molecule has 0 aliphatic carbocycles. The molecule has 0 atom stereocenters. The molecule has 0 amide bonds. The van der Waals surface area contributed by atoms with Gasteiger partial charge in [-0.05, 0) is 0 Å². The van der Waals surface area contributed by atoms with E-state index in [1.165, 1.54) is 0 Å². The Bertz CT molecular complexity index is 67.7. The van der Waals surface area contributed by atoms with Crippen molar-refractivity contribution in [1.82, 2.24) is 0 Å². The molecule has 5 heavy (non-hydrogen) atoms. The molecule has 0 aliphatic rings. The van der Waals surface area contributed by atoms with Gasteiger partial charge in [0.2, 0.25) is 4.49 Å². The second kappa shape index (κ2) is 2.28. The van der Waals surface area contributed by atoms with Gasteiger partial charge in [-0.2, -0.15) is 0 Å². The highest BCUT2D eigenvalue weighted by molar-refractivity contribution is 6.58. The van der Waals surface area contributed by atoms with Gasteiger partial charge in [0, 0.05) is 0 Å². The van der Waals surface area contributed by atoms with E-state index in [1.807, 2.05) is 5.87 Å². The van der Waals surface area contributed by atoms with E-state index >= 15 is 0 Å². The van der Waals surface area contributed by atoms with Crippen molar-refractivity contribution in [2.45, 2.75) is 0 Å². The van der Waals surface area contributed by atoms with Crippen LogP contribution in [0.2, 0.25) is 0 Å². The molecule has 0 aromatic carbocycles. The lowest BCUT2D eigenvalue weighted by atomic mass is 11.2.